The molecule has 10 heteroatoms. The average Bonchev–Trinajstić information content (AvgIpc) is 2.73. The van der Waals surface area contributed by atoms with Crippen molar-refractivity contribution in [1.29, 1.82) is 0 Å². The van der Waals surface area contributed by atoms with E-state index in [1.807, 2.05) is 25.1 Å². The van der Waals surface area contributed by atoms with Crippen LogP contribution in [-0.2, 0) is 0 Å². The Bertz CT molecular complexity index is 1050. The third-order valence-corrected chi connectivity index (χ3v) is 5.68. The van der Waals surface area contributed by atoms with Crippen LogP contribution < -0.4 is 16.0 Å². The molecule has 1 aliphatic heterocycles. The molecule has 3 aromatic rings. The number of nitrogens with one attached hydrogen (secondary N) is 1. The van der Waals surface area contributed by atoms with Crippen molar-refractivity contribution in [2.24, 2.45) is 0 Å². The first-order valence-corrected chi connectivity index (χ1v) is 10.7. The monoisotopic (exact) mass is 442 g/mol. The lowest BCUT2D eigenvalue weighted by Gasteiger charge is -2.36. The standard InChI is InChI=1S/C21H27ClN8O/c1-13(24-21-26-14(2)25-20(23)28-21)17-12-15-11-16(22)3-4-18(15)27-19(17)30-7-5-29(6-8-30)9-10-31/h3-4,11-13,31H,5-10H2,1-2H3,(H3,23,24,25,26,28). The number of aryl methyl sites for hydroxylation is 1. The smallest absolute Gasteiger partial charge is 0.228 e. The number of hydrogen-bond donors (Lipinski definition) is 3. The summed E-state index contributed by atoms with van der Waals surface area (Å²) in [7, 11) is 0. The number of nitrogen functional groups attached to an aromatic ring is 1. The van der Waals surface area contributed by atoms with Crippen molar-refractivity contribution in [3.05, 3.63) is 40.7 Å². The minimum atomic E-state index is -0.123. The first-order valence-electron chi connectivity index (χ1n) is 10.4. The zero-order valence-corrected chi connectivity index (χ0v) is 18.5. The van der Waals surface area contributed by atoms with E-state index in [2.05, 4.69) is 36.1 Å². The van der Waals surface area contributed by atoms with Gasteiger partial charge in [-0.2, -0.15) is 15.0 Å². The van der Waals surface area contributed by atoms with E-state index >= 15 is 0 Å². The minimum Gasteiger partial charge on any atom is -0.395 e. The maximum atomic E-state index is 9.23. The number of aliphatic hydroxyl groups excluding tert-OH is 1. The normalized spacial score (nSPS) is 15.9. The molecule has 1 saturated heterocycles. The highest BCUT2D eigenvalue weighted by molar-refractivity contribution is 6.31. The molecule has 4 rings (SSSR count). The molecule has 1 aromatic carbocycles. The Balaban J connectivity index is 1.68. The van der Waals surface area contributed by atoms with Crippen LogP contribution in [0.25, 0.3) is 10.9 Å². The largest absolute Gasteiger partial charge is 0.395 e. The summed E-state index contributed by atoms with van der Waals surface area (Å²) in [5, 5.41) is 14.2. The summed E-state index contributed by atoms with van der Waals surface area (Å²) in [6, 6.07) is 7.73. The number of hydrogen-bond acceptors (Lipinski definition) is 9. The molecule has 0 saturated carbocycles. The lowest BCUT2D eigenvalue weighted by molar-refractivity contribution is 0.188. The molecule has 0 aliphatic carbocycles. The van der Waals surface area contributed by atoms with E-state index in [1.54, 1.807) is 6.92 Å². The SMILES string of the molecule is Cc1nc(N)nc(NC(C)c2cc3cc(Cl)ccc3nc2N2CCN(CCO)CC2)n1. The van der Waals surface area contributed by atoms with E-state index in [1.165, 1.54) is 0 Å². The van der Waals surface area contributed by atoms with Gasteiger partial charge in [-0.15, -0.1) is 0 Å². The van der Waals surface area contributed by atoms with E-state index in [4.69, 9.17) is 22.3 Å². The van der Waals surface area contributed by atoms with E-state index in [0.717, 1.165) is 48.5 Å². The molecule has 0 bridgehead atoms. The highest BCUT2D eigenvalue weighted by Crippen LogP contribution is 2.32. The zero-order chi connectivity index (χ0) is 22.0. The molecule has 164 valence electrons. The summed E-state index contributed by atoms with van der Waals surface area (Å²) in [4.78, 5) is 22.1. The van der Waals surface area contributed by atoms with Gasteiger partial charge in [-0.05, 0) is 38.1 Å². The zero-order valence-electron chi connectivity index (χ0n) is 17.7. The molecular formula is C21H27ClN8O. The number of piperazine rings is 1. The number of nitrogens with zero attached hydrogens (tertiary/aromatic N) is 6. The quantitative estimate of drug-likeness (QED) is 0.528. The van der Waals surface area contributed by atoms with E-state index in [0.29, 0.717) is 23.3 Å². The maximum absolute atomic E-state index is 9.23. The number of benzene rings is 1. The fourth-order valence-corrected chi connectivity index (χ4v) is 4.07. The van der Waals surface area contributed by atoms with Gasteiger partial charge in [0, 0.05) is 48.7 Å². The molecule has 1 fully saturated rings. The van der Waals surface area contributed by atoms with E-state index in [9.17, 15) is 5.11 Å². The Labute approximate surface area is 186 Å². The van der Waals surface area contributed by atoms with Crippen LogP contribution in [0.2, 0.25) is 5.02 Å². The molecule has 0 amide bonds. The summed E-state index contributed by atoms with van der Waals surface area (Å²) < 4.78 is 0. The molecule has 9 nitrogen and oxygen atoms in total. The first-order chi connectivity index (χ1) is 14.9. The highest BCUT2D eigenvalue weighted by Gasteiger charge is 2.23. The number of nitrogens with two attached hydrogens (primary N) is 1. The van der Waals surface area contributed by atoms with Crippen LogP contribution >= 0.6 is 11.6 Å². The van der Waals surface area contributed by atoms with Crippen molar-refractivity contribution in [3.8, 4) is 0 Å². The molecule has 31 heavy (non-hydrogen) atoms. The van der Waals surface area contributed by atoms with Gasteiger partial charge < -0.3 is 21.1 Å². The number of aromatic nitrogens is 4. The van der Waals surface area contributed by atoms with Gasteiger partial charge in [0.1, 0.15) is 11.6 Å². The maximum Gasteiger partial charge on any atom is 0.228 e. The average molecular weight is 443 g/mol. The van der Waals surface area contributed by atoms with Crippen LogP contribution in [0.15, 0.2) is 24.3 Å². The number of aliphatic hydroxyl groups is 1. The number of anilines is 3. The third-order valence-electron chi connectivity index (χ3n) is 5.45. The van der Waals surface area contributed by atoms with Crippen molar-refractivity contribution >= 4 is 40.2 Å². The van der Waals surface area contributed by atoms with Gasteiger partial charge in [0.25, 0.3) is 0 Å². The fraction of sp³-hybridized carbons (Fsp3) is 0.429. The lowest BCUT2D eigenvalue weighted by atomic mass is 10.0. The van der Waals surface area contributed by atoms with Crippen LogP contribution in [0.1, 0.15) is 24.4 Å². The van der Waals surface area contributed by atoms with Gasteiger partial charge in [0.05, 0.1) is 18.2 Å². The molecule has 1 atom stereocenters. The summed E-state index contributed by atoms with van der Waals surface area (Å²) >= 11 is 6.23. The predicted molar refractivity (Wildman–Crippen MR) is 124 cm³/mol. The molecular weight excluding hydrogens is 416 g/mol. The molecule has 0 spiro atoms. The van der Waals surface area contributed by atoms with Crippen LogP contribution in [0.5, 0.6) is 0 Å². The number of pyridine rings is 1. The third kappa shape index (κ3) is 4.95. The van der Waals surface area contributed by atoms with Crippen molar-refractivity contribution in [2.75, 3.05) is 55.3 Å². The fourth-order valence-electron chi connectivity index (χ4n) is 3.89. The minimum absolute atomic E-state index is 0.123. The molecule has 1 aliphatic rings. The summed E-state index contributed by atoms with van der Waals surface area (Å²) in [6.07, 6.45) is 0. The summed E-state index contributed by atoms with van der Waals surface area (Å²) in [5.74, 6) is 2.11. The van der Waals surface area contributed by atoms with Gasteiger partial charge in [0.2, 0.25) is 11.9 Å². The second kappa shape index (κ2) is 9.17. The van der Waals surface area contributed by atoms with Crippen molar-refractivity contribution < 1.29 is 5.11 Å². The summed E-state index contributed by atoms with van der Waals surface area (Å²) in [6.45, 7) is 8.14. The topological polar surface area (TPSA) is 116 Å². The van der Waals surface area contributed by atoms with Crippen LogP contribution in [0, 0.1) is 6.92 Å². The van der Waals surface area contributed by atoms with Gasteiger partial charge in [0.15, 0.2) is 0 Å². The van der Waals surface area contributed by atoms with Crippen molar-refractivity contribution in [3.63, 3.8) is 0 Å². The number of halogens is 1. The van der Waals surface area contributed by atoms with E-state index in [-0.39, 0.29) is 18.6 Å². The van der Waals surface area contributed by atoms with Crippen LogP contribution in [0.3, 0.4) is 0 Å². The van der Waals surface area contributed by atoms with Crippen LogP contribution in [-0.4, -0.2) is 69.3 Å². The highest BCUT2D eigenvalue weighted by atomic mass is 35.5. The molecule has 2 aromatic heterocycles. The van der Waals surface area contributed by atoms with Crippen LogP contribution in [0.4, 0.5) is 17.7 Å². The number of rotatable bonds is 6. The Kier molecular flexibility index (Phi) is 6.35. The summed E-state index contributed by atoms with van der Waals surface area (Å²) in [5.41, 5.74) is 7.72. The number of β-amino-alcohol motifs (C(OH)–C–C–N with tert-alkyl or cyclic N) is 1. The second-order valence-electron chi connectivity index (χ2n) is 7.72. The molecule has 1 unspecified atom stereocenters. The molecule has 0 radical (unpaired) electrons. The van der Waals surface area contributed by atoms with Gasteiger partial charge in [-0.1, -0.05) is 11.6 Å². The van der Waals surface area contributed by atoms with E-state index < -0.39 is 0 Å². The molecule has 4 N–H and O–H groups in total. The van der Waals surface area contributed by atoms with Gasteiger partial charge in [-0.25, -0.2) is 4.98 Å². The predicted octanol–water partition coefficient (Wildman–Crippen LogP) is 2.25. The van der Waals surface area contributed by atoms with Crippen molar-refractivity contribution in [1.82, 2.24) is 24.8 Å². The Morgan fingerprint density at radius 2 is 1.90 bits per heavy atom. The Morgan fingerprint density at radius 3 is 2.61 bits per heavy atom. The van der Waals surface area contributed by atoms with Crippen molar-refractivity contribution in [2.45, 2.75) is 19.9 Å². The Hall–Kier alpha value is -2.75. The Morgan fingerprint density at radius 1 is 1.13 bits per heavy atom. The van der Waals surface area contributed by atoms with Gasteiger partial charge in [-0.3, -0.25) is 4.90 Å². The number of fused-ring (bicyclic) bond motifs is 1. The van der Waals surface area contributed by atoms with Gasteiger partial charge >= 0.3 is 0 Å². The lowest BCUT2D eigenvalue weighted by Crippen LogP contribution is -2.47. The second-order valence-corrected chi connectivity index (χ2v) is 8.16. The first kappa shape index (κ1) is 21.5. The molecule has 3 heterocycles.